The first kappa shape index (κ1) is 59.3. The molecule has 31 heteroatoms. The third kappa shape index (κ3) is 16.4. The summed E-state index contributed by atoms with van der Waals surface area (Å²) in [5.74, 6) is -5.29. The molecule has 0 aliphatic rings. The van der Waals surface area contributed by atoms with Gasteiger partial charge in [-0.3, -0.25) is 19.4 Å². The number of alkyl halides is 6. The average Bonchev–Trinajstić information content (AvgIpc) is 3.88. The molecule has 0 fully saturated rings. The van der Waals surface area contributed by atoms with E-state index in [1.807, 2.05) is 23.0 Å². The van der Waals surface area contributed by atoms with Crippen LogP contribution in [0.15, 0.2) is 30.5 Å². The van der Waals surface area contributed by atoms with Crippen LogP contribution in [-0.4, -0.2) is 205 Å². The van der Waals surface area contributed by atoms with Gasteiger partial charge < -0.3 is 82.1 Å². The van der Waals surface area contributed by atoms with Gasteiger partial charge in [-0.2, -0.15) is 26.3 Å². The SMILES string of the molecule is CCn1c(CN(C=O)c2nc3cc[nH]c3nc2N)[n+](CC)c2ccc(C(=O)NCCN(C[C@H](O)[C@@H](O)[C@H](O)[C@H](O)CO)C[C@H](O)[C@@H](O)[C@H](O)[C@H](O)CO)cc21.O=C(O)C(F)(F)F.O=C([O-])C(F)(F)F. The molecular weight excluding hydrogens is 952 g/mol. The van der Waals surface area contributed by atoms with Gasteiger partial charge >= 0.3 is 18.3 Å². The molecule has 3 heterocycles. The molecule has 0 aliphatic carbocycles. The Morgan fingerprint density at radius 1 is 0.870 bits per heavy atom. The van der Waals surface area contributed by atoms with E-state index in [-0.39, 0.29) is 36.8 Å². The number of nitrogen functional groups attached to an aromatic ring is 1. The number of nitrogens with zero attached hydrogens (tertiary/aromatic N) is 6. The number of aliphatic hydroxyl groups is 10. The average molecular weight is 1010 g/mol. The largest absolute Gasteiger partial charge is 0.542 e. The number of aliphatic carboxylic acids is 2. The van der Waals surface area contributed by atoms with Crippen LogP contribution >= 0.6 is 0 Å². The number of imidazole rings is 1. The smallest absolute Gasteiger partial charge is 0.490 e. The Morgan fingerprint density at radius 3 is 1.81 bits per heavy atom. The fourth-order valence-corrected chi connectivity index (χ4v) is 6.37. The van der Waals surface area contributed by atoms with Crippen molar-refractivity contribution in [3.63, 3.8) is 0 Å². The number of aromatic amines is 1. The number of fused-ring (bicyclic) bond motifs is 2. The van der Waals surface area contributed by atoms with E-state index in [0.29, 0.717) is 36.2 Å². The topological polar surface area (TPSA) is 409 Å². The van der Waals surface area contributed by atoms with Crippen LogP contribution in [0.2, 0.25) is 0 Å². The fraction of sp³-hybridized carbons (Fsp3) is 0.553. The first-order valence-electron chi connectivity index (χ1n) is 20.2. The van der Waals surface area contributed by atoms with Crippen molar-refractivity contribution in [1.29, 1.82) is 0 Å². The Morgan fingerprint density at radius 2 is 1.38 bits per heavy atom. The van der Waals surface area contributed by atoms with Gasteiger partial charge in [-0.1, -0.05) is 0 Å². The van der Waals surface area contributed by atoms with E-state index in [2.05, 4.69) is 20.3 Å². The number of carboxylic acid groups (broad SMARTS) is 2. The second-order valence-corrected chi connectivity index (χ2v) is 14.7. The lowest BCUT2D eigenvalue weighted by atomic mass is 10.0. The zero-order valence-electron chi connectivity index (χ0n) is 36.4. The van der Waals surface area contributed by atoms with Crippen LogP contribution in [0, 0.1) is 0 Å². The molecule has 3 aromatic heterocycles. The Labute approximate surface area is 385 Å². The van der Waals surface area contributed by atoms with Crippen molar-refractivity contribution in [1.82, 2.24) is 29.7 Å². The molecule has 15 N–H and O–H groups in total. The number of nitrogens with one attached hydrogen (secondary N) is 2. The summed E-state index contributed by atoms with van der Waals surface area (Å²) in [6.45, 7) is 1.93. The van der Waals surface area contributed by atoms with Crippen molar-refractivity contribution in [3.05, 3.63) is 41.9 Å². The minimum atomic E-state index is -5.19. The highest BCUT2D eigenvalue weighted by Gasteiger charge is 2.38. The second kappa shape index (κ2) is 26.2. The quantitative estimate of drug-likeness (QED) is 0.0199. The summed E-state index contributed by atoms with van der Waals surface area (Å²) >= 11 is 0. The number of carbonyl (C=O) groups is 4. The standard InChI is InChI=1S/C34H51N9O12.2C2HF3O2/c1-3-42-20-6-5-18(11-21(20)43(4-2)26(42)14-41(17-46)33-31(35)39-32-19(38-33)7-8-36-32)34(55)37-9-10-40(12-22(47)27(51)29(53)24(49)15-44)13-23(48)28(52)30(54)25(50)16-45;2*3-2(4,5)1(6)7/h5-8,11,17,22-25,27-30,44-45,47-54H,3-4,9-10,12-16H2,1-2H3,(H3-,35,36,37,38,39,55);2*(H,6,7)/t22-,23-,24+,25+,27+,28+,29+,30+;;/m0../s1. The molecule has 0 bridgehead atoms. The Balaban J connectivity index is 0.00000101. The van der Waals surface area contributed by atoms with Crippen molar-refractivity contribution in [2.75, 3.05) is 50.0 Å². The summed E-state index contributed by atoms with van der Waals surface area (Å²) in [5.41, 5.74) is 8.94. The van der Waals surface area contributed by atoms with Crippen LogP contribution in [0.1, 0.15) is 30.0 Å². The van der Waals surface area contributed by atoms with E-state index >= 15 is 0 Å². The Hall–Kier alpha value is -5.87. The molecular formula is C38H53F6N9O16. The summed E-state index contributed by atoms with van der Waals surface area (Å²) in [4.78, 5) is 57.9. The molecule has 0 saturated carbocycles. The minimum Gasteiger partial charge on any atom is -0.542 e. The Kier molecular flexibility index (Phi) is 22.5. The first-order valence-corrected chi connectivity index (χ1v) is 20.2. The van der Waals surface area contributed by atoms with Gasteiger partial charge in [0.1, 0.15) is 54.7 Å². The van der Waals surface area contributed by atoms with E-state index in [4.69, 9.17) is 35.7 Å². The highest BCUT2D eigenvalue weighted by Crippen LogP contribution is 2.25. The maximum atomic E-state index is 13.4. The van der Waals surface area contributed by atoms with Crippen molar-refractivity contribution in [2.24, 2.45) is 0 Å². The molecule has 69 heavy (non-hydrogen) atoms. The highest BCUT2D eigenvalue weighted by atomic mass is 19.4. The molecule has 2 amide bonds. The van der Waals surface area contributed by atoms with E-state index < -0.39 is 105 Å². The second-order valence-electron chi connectivity index (χ2n) is 14.7. The zero-order valence-corrected chi connectivity index (χ0v) is 36.4. The van der Waals surface area contributed by atoms with Gasteiger partial charge in [-0.15, -0.1) is 0 Å². The zero-order chi connectivity index (χ0) is 52.7. The number of nitrogens with two attached hydrogens (primary N) is 1. The van der Waals surface area contributed by atoms with E-state index in [1.54, 1.807) is 30.5 Å². The summed E-state index contributed by atoms with van der Waals surface area (Å²) in [6, 6.07) is 6.80. The predicted molar refractivity (Wildman–Crippen MR) is 220 cm³/mol. The fourth-order valence-electron chi connectivity index (χ4n) is 6.37. The number of aryl methyl sites for hydroxylation is 2. The van der Waals surface area contributed by atoms with Gasteiger partial charge in [0.15, 0.2) is 28.3 Å². The number of carboxylic acids is 2. The molecule has 4 aromatic rings. The monoisotopic (exact) mass is 1010 g/mol. The molecule has 4 rings (SSSR count). The van der Waals surface area contributed by atoms with Crippen molar-refractivity contribution >= 4 is 58.1 Å². The molecule has 0 unspecified atom stereocenters. The van der Waals surface area contributed by atoms with Crippen LogP contribution in [0.5, 0.6) is 0 Å². The summed E-state index contributed by atoms with van der Waals surface area (Å²) in [7, 11) is 0. The third-order valence-electron chi connectivity index (χ3n) is 9.91. The number of anilines is 2. The number of carbonyl (C=O) groups excluding carboxylic acids is 3. The normalized spacial score (nSPS) is 15.4. The lowest BCUT2D eigenvalue weighted by molar-refractivity contribution is -0.676. The minimum absolute atomic E-state index is 0.0642. The molecule has 0 radical (unpaired) electrons. The number of amides is 2. The molecule has 0 aliphatic heterocycles. The lowest BCUT2D eigenvalue weighted by Crippen LogP contribution is -2.54. The van der Waals surface area contributed by atoms with E-state index in [0.717, 1.165) is 11.3 Å². The van der Waals surface area contributed by atoms with Gasteiger partial charge in [-0.25, -0.2) is 23.9 Å². The molecule has 8 atom stereocenters. The lowest BCUT2D eigenvalue weighted by Gasteiger charge is -2.33. The molecule has 388 valence electrons. The van der Waals surface area contributed by atoms with Crippen LogP contribution in [-0.2, 0) is 34.0 Å². The van der Waals surface area contributed by atoms with Gasteiger partial charge in [0.05, 0.1) is 38.5 Å². The first-order chi connectivity index (χ1) is 32.1. The summed E-state index contributed by atoms with van der Waals surface area (Å²) < 4.78 is 67.2. The van der Waals surface area contributed by atoms with Crippen LogP contribution < -0.4 is 25.6 Å². The van der Waals surface area contributed by atoms with Crippen molar-refractivity contribution < 1.29 is 111 Å². The summed E-state index contributed by atoms with van der Waals surface area (Å²) in [5, 5.41) is 118. The van der Waals surface area contributed by atoms with Crippen LogP contribution in [0.3, 0.4) is 0 Å². The number of H-pyrrole nitrogens is 1. The maximum absolute atomic E-state index is 13.4. The van der Waals surface area contributed by atoms with Gasteiger partial charge in [0, 0.05) is 44.0 Å². The highest BCUT2D eigenvalue weighted by molar-refractivity contribution is 5.97. The number of benzene rings is 1. The number of aliphatic hydroxyl groups excluding tert-OH is 10. The van der Waals surface area contributed by atoms with E-state index in [9.17, 15) is 76.8 Å². The molecule has 0 saturated heterocycles. The molecule has 25 nitrogen and oxygen atoms in total. The van der Waals surface area contributed by atoms with Crippen molar-refractivity contribution in [3.8, 4) is 0 Å². The van der Waals surface area contributed by atoms with Crippen LogP contribution in [0.25, 0.3) is 22.2 Å². The summed E-state index contributed by atoms with van der Waals surface area (Å²) in [6.07, 6.45) is -22.8. The van der Waals surface area contributed by atoms with Gasteiger partial charge in [-0.05, 0) is 32.0 Å². The van der Waals surface area contributed by atoms with E-state index in [1.165, 1.54) is 9.80 Å². The number of hydrogen-bond acceptors (Lipinski definition) is 19. The number of halogens is 6. The predicted octanol–water partition coefficient (Wildman–Crippen LogP) is -5.18. The molecule has 1 aromatic carbocycles. The van der Waals surface area contributed by atoms with Crippen LogP contribution in [0.4, 0.5) is 38.0 Å². The number of hydrogen-bond donors (Lipinski definition) is 14. The van der Waals surface area contributed by atoms with Gasteiger partial charge in [0.2, 0.25) is 6.41 Å². The number of aromatic nitrogens is 5. The third-order valence-corrected chi connectivity index (χ3v) is 9.91. The number of rotatable bonds is 22. The Bertz CT molecular complexity index is 2250. The van der Waals surface area contributed by atoms with Gasteiger partial charge in [0.25, 0.3) is 11.7 Å². The van der Waals surface area contributed by atoms with Crippen molar-refractivity contribution in [2.45, 2.75) is 94.7 Å². The maximum Gasteiger partial charge on any atom is 0.490 e. The molecule has 0 spiro atoms.